The van der Waals surface area contributed by atoms with Gasteiger partial charge in [-0.25, -0.2) is 19.2 Å². The number of benzene rings is 1. The summed E-state index contributed by atoms with van der Waals surface area (Å²) in [6.45, 7) is 9.04. The Morgan fingerprint density at radius 2 is 2.03 bits per heavy atom. The molecule has 0 bridgehead atoms. The molecule has 0 fully saturated rings. The maximum atomic E-state index is 13.7. The van der Waals surface area contributed by atoms with Gasteiger partial charge in [0.15, 0.2) is 0 Å². The molecule has 1 atom stereocenters. The van der Waals surface area contributed by atoms with Gasteiger partial charge in [-0.1, -0.05) is 20.8 Å². The van der Waals surface area contributed by atoms with E-state index in [2.05, 4.69) is 27.5 Å². The first-order valence-corrected chi connectivity index (χ1v) is 10.7. The molecule has 3 rings (SSSR count). The van der Waals surface area contributed by atoms with Crippen molar-refractivity contribution in [1.82, 2.24) is 15.3 Å². The topological polar surface area (TPSA) is 92.5 Å². The standard InChI is InChI=1S/C23H30FN5O3.2H2/c1-6-9-29(13-31-5)22-25-11-17(12-26-22)27-23(30)28-20(14(2)3)21-15(4)18-10-16(24)7-8-19(18)32-21;;/h7-8,10-12,14,20H,6,9,13H2,1-5H3,(H2,27,28,30);2*1H. The number of carbonyl (C=O) groups is 1. The Hall–Kier alpha value is -3.20. The number of anilines is 2. The molecule has 0 saturated carbocycles. The summed E-state index contributed by atoms with van der Waals surface area (Å²) in [6, 6.07) is 3.60. The zero-order valence-electron chi connectivity index (χ0n) is 19.1. The Balaban J connectivity index is 0.00000289. The smallest absolute Gasteiger partial charge is 0.319 e. The first-order valence-electron chi connectivity index (χ1n) is 10.7. The van der Waals surface area contributed by atoms with Gasteiger partial charge in [0.25, 0.3) is 0 Å². The van der Waals surface area contributed by atoms with Crippen LogP contribution in [0.2, 0.25) is 0 Å². The summed E-state index contributed by atoms with van der Waals surface area (Å²) in [5.41, 5.74) is 1.86. The second-order valence-corrected chi connectivity index (χ2v) is 8.00. The number of amides is 2. The van der Waals surface area contributed by atoms with Crippen molar-refractivity contribution in [2.75, 3.05) is 30.6 Å². The van der Waals surface area contributed by atoms with Crippen molar-refractivity contribution >= 4 is 28.6 Å². The molecule has 0 saturated heterocycles. The number of nitrogens with zero attached hydrogens (tertiary/aromatic N) is 3. The van der Waals surface area contributed by atoms with E-state index < -0.39 is 12.1 Å². The van der Waals surface area contributed by atoms with E-state index in [1.807, 2.05) is 25.7 Å². The van der Waals surface area contributed by atoms with Crippen LogP contribution < -0.4 is 15.5 Å². The van der Waals surface area contributed by atoms with Crippen molar-refractivity contribution in [3.8, 4) is 0 Å². The number of furan rings is 1. The Bertz CT molecular complexity index is 1060. The van der Waals surface area contributed by atoms with E-state index in [1.54, 1.807) is 25.6 Å². The summed E-state index contributed by atoms with van der Waals surface area (Å²) in [7, 11) is 1.62. The molecule has 8 nitrogen and oxygen atoms in total. The summed E-state index contributed by atoms with van der Waals surface area (Å²) >= 11 is 0. The fraction of sp³-hybridized carbons (Fsp3) is 0.435. The third-order valence-electron chi connectivity index (χ3n) is 5.13. The van der Waals surface area contributed by atoms with Gasteiger partial charge in [-0.3, -0.25) is 0 Å². The number of fused-ring (bicyclic) bond motifs is 1. The predicted octanol–water partition coefficient (Wildman–Crippen LogP) is 5.50. The van der Waals surface area contributed by atoms with Gasteiger partial charge in [-0.2, -0.15) is 0 Å². The fourth-order valence-electron chi connectivity index (χ4n) is 3.55. The number of ether oxygens (including phenoxy) is 1. The second-order valence-electron chi connectivity index (χ2n) is 8.00. The molecule has 32 heavy (non-hydrogen) atoms. The van der Waals surface area contributed by atoms with Crippen LogP contribution in [0.3, 0.4) is 0 Å². The molecule has 2 amide bonds. The fourth-order valence-corrected chi connectivity index (χ4v) is 3.55. The second kappa shape index (κ2) is 10.4. The average Bonchev–Trinajstić information content (AvgIpc) is 3.08. The number of aryl methyl sites for hydroxylation is 1. The largest absolute Gasteiger partial charge is 0.459 e. The Kier molecular flexibility index (Phi) is 7.63. The SMILES string of the molecule is CCCN(COC)c1ncc(NC(=O)NC(c2oc3ccc(F)cc3c2C)C(C)C)cn1.[HH].[HH]. The molecule has 0 spiro atoms. The molecule has 1 aromatic carbocycles. The summed E-state index contributed by atoms with van der Waals surface area (Å²) in [6.07, 6.45) is 4.04. The Morgan fingerprint density at radius 3 is 2.66 bits per heavy atom. The summed E-state index contributed by atoms with van der Waals surface area (Å²) in [5.74, 6) is 0.855. The molecule has 2 aromatic heterocycles. The van der Waals surface area contributed by atoms with Crippen molar-refractivity contribution in [3.63, 3.8) is 0 Å². The summed E-state index contributed by atoms with van der Waals surface area (Å²) < 4.78 is 24.8. The van der Waals surface area contributed by atoms with Crippen molar-refractivity contribution < 1.29 is 21.2 Å². The molecule has 176 valence electrons. The number of methoxy groups -OCH3 is 1. The lowest BCUT2D eigenvalue weighted by atomic mass is 9.98. The average molecular weight is 448 g/mol. The highest BCUT2D eigenvalue weighted by Crippen LogP contribution is 2.33. The van der Waals surface area contributed by atoms with Crippen molar-refractivity contribution in [1.29, 1.82) is 0 Å². The van der Waals surface area contributed by atoms with Gasteiger partial charge in [0.1, 0.15) is 23.9 Å². The maximum Gasteiger partial charge on any atom is 0.319 e. The van der Waals surface area contributed by atoms with Crippen LogP contribution in [0.15, 0.2) is 35.0 Å². The highest BCUT2D eigenvalue weighted by molar-refractivity contribution is 5.89. The van der Waals surface area contributed by atoms with Gasteiger partial charge < -0.3 is 24.7 Å². The quantitative estimate of drug-likeness (QED) is 0.421. The zero-order valence-corrected chi connectivity index (χ0v) is 19.1. The lowest BCUT2D eigenvalue weighted by Gasteiger charge is -2.22. The number of rotatable bonds is 9. The minimum absolute atomic E-state index is 0. The van der Waals surface area contributed by atoms with E-state index in [1.165, 1.54) is 12.1 Å². The van der Waals surface area contributed by atoms with E-state index in [9.17, 15) is 9.18 Å². The molecule has 2 heterocycles. The van der Waals surface area contributed by atoms with Crippen LogP contribution in [-0.4, -0.2) is 36.4 Å². The number of urea groups is 1. The summed E-state index contributed by atoms with van der Waals surface area (Å²) in [4.78, 5) is 23.3. The van der Waals surface area contributed by atoms with Gasteiger partial charge in [0, 0.05) is 27.5 Å². The maximum absolute atomic E-state index is 13.7. The van der Waals surface area contributed by atoms with Crippen LogP contribution in [0.1, 0.15) is 47.4 Å². The third-order valence-corrected chi connectivity index (χ3v) is 5.13. The molecule has 3 aromatic rings. The van der Waals surface area contributed by atoms with E-state index in [0.717, 1.165) is 18.5 Å². The number of halogens is 1. The lowest BCUT2D eigenvalue weighted by molar-refractivity contribution is 0.196. The first kappa shape index (κ1) is 23.5. The minimum Gasteiger partial charge on any atom is -0.459 e. The van der Waals surface area contributed by atoms with Gasteiger partial charge >= 0.3 is 6.03 Å². The predicted molar refractivity (Wildman–Crippen MR) is 126 cm³/mol. The van der Waals surface area contributed by atoms with Crippen molar-refractivity contribution in [2.24, 2.45) is 5.92 Å². The highest BCUT2D eigenvalue weighted by Gasteiger charge is 2.25. The zero-order chi connectivity index (χ0) is 23.3. The molecule has 0 aliphatic rings. The number of hydrogen-bond acceptors (Lipinski definition) is 6. The molecular weight excluding hydrogens is 413 g/mol. The highest BCUT2D eigenvalue weighted by atomic mass is 19.1. The third kappa shape index (κ3) is 5.34. The van der Waals surface area contributed by atoms with Crippen LogP contribution in [0.5, 0.6) is 0 Å². The van der Waals surface area contributed by atoms with Crippen LogP contribution in [0.4, 0.5) is 20.8 Å². The number of aromatic nitrogens is 2. The number of hydrogen-bond donors (Lipinski definition) is 2. The van der Waals surface area contributed by atoms with Crippen molar-refractivity contribution in [3.05, 3.63) is 47.7 Å². The molecule has 9 heteroatoms. The minimum atomic E-state index is -0.409. The van der Waals surface area contributed by atoms with Crippen LogP contribution in [-0.2, 0) is 4.74 Å². The van der Waals surface area contributed by atoms with Gasteiger partial charge in [-0.05, 0) is 37.5 Å². The number of carbonyl (C=O) groups excluding carboxylic acids is 1. The lowest BCUT2D eigenvalue weighted by Crippen LogP contribution is -2.35. The van der Waals surface area contributed by atoms with E-state index in [-0.39, 0.29) is 14.6 Å². The molecule has 1 unspecified atom stereocenters. The summed E-state index contributed by atoms with van der Waals surface area (Å²) in [5, 5.41) is 6.41. The Morgan fingerprint density at radius 1 is 1.31 bits per heavy atom. The van der Waals surface area contributed by atoms with E-state index in [0.29, 0.717) is 35.1 Å². The van der Waals surface area contributed by atoms with Crippen molar-refractivity contribution in [2.45, 2.75) is 40.2 Å². The van der Waals surface area contributed by atoms with Crippen LogP contribution >= 0.6 is 0 Å². The molecule has 2 N–H and O–H groups in total. The number of nitrogens with one attached hydrogen (secondary N) is 2. The van der Waals surface area contributed by atoms with Crippen LogP contribution in [0.25, 0.3) is 11.0 Å². The molecule has 0 aliphatic carbocycles. The molecular formula is C23H34FN5O3. The van der Waals surface area contributed by atoms with Crippen LogP contribution in [0, 0.1) is 18.7 Å². The van der Waals surface area contributed by atoms with E-state index >= 15 is 0 Å². The van der Waals surface area contributed by atoms with E-state index in [4.69, 9.17) is 9.15 Å². The monoisotopic (exact) mass is 447 g/mol. The molecule has 0 radical (unpaired) electrons. The van der Waals surface area contributed by atoms with Gasteiger partial charge in [-0.15, -0.1) is 0 Å². The normalized spacial score (nSPS) is 12.2. The van der Waals surface area contributed by atoms with Gasteiger partial charge in [0.05, 0.1) is 24.1 Å². The molecule has 0 aliphatic heterocycles. The first-order chi connectivity index (χ1) is 15.3. The Labute approximate surface area is 190 Å². The van der Waals surface area contributed by atoms with Gasteiger partial charge in [0.2, 0.25) is 5.95 Å².